The van der Waals surface area contributed by atoms with Crippen molar-refractivity contribution in [3.05, 3.63) is 60.2 Å². The normalized spacial score (nSPS) is 11.0. The van der Waals surface area contributed by atoms with Crippen molar-refractivity contribution in [1.29, 1.82) is 0 Å². The predicted octanol–water partition coefficient (Wildman–Crippen LogP) is 1.90. The van der Waals surface area contributed by atoms with Crippen molar-refractivity contribution in [2.45, 2.75) is 13.0 Å². The zero-order valence-corrected chi connectivity index (χ0v) is 12.0. The van der Waals surface area contributed by atoms with Crippen molar-refractivity contribution in [1.82, 2.24) is 14.4 Å². The smallest absolute Gasteiger partial charge is 0.153 e. The highest BCUT2D eigenvalue weighted by Crippen LogP contribution is 2.21. The number of pyridine rings is 2. The summed E-state index contributed by atoms with van der Waals surface area (Å²) in [7, 11) is 2.00. The van der Waals surface area contributed by atoms with Crippen LogP contribution in [0.5, 0.6) is 0 Å². The fourth-order valence-corrected chi connectivity index (χ4v) is 2.44. The van der Waals surface area contributed by atoms with Gasteiger partial charge in [-0.25, -0.2) is 4.98 Å². The molecule has 0 atom stereocenters. The summed E-state index contributed by atoms with van der Waals surface area (Å²) >= 11 is 0. The van der Waals surface area contributed by atoms with Crippen LogP contribution in [0.3, 0.4) is 0 Å². The summed E-state index contributed by atoms with van der Waals surface area (Å²) in [5, 5.41) is 9.64. The van der Waals surface area contributed by atoms with E-state index in [1.54, 1.807) is 12.4 Å². The highest BCUT2D eigenvalue weighted by atomic mass is 16.3. The number of fused-ring (bicyclic) bond motifs is 1. The molecule has 0 aliphatic heterocycles. The molecule has 0 saturated heterocycles. The highest BCUT2D eigenvalue weighted by Gasteiger charge is 2.14. The van der Waals surface area contributed by atoms with E-state index in [9.17, 15) is 5.11 Å². The lowest BCUT2D eigenvalue weighted by atomic mass is 10.2. The molecule has 3 rings (SSSR count). The van der Waals surface area contributed by atoms with Gasteiger partial charge in [0.05, 0.1) is 12.3 Å². The molecule has 0 unspecified atom stereocenters. The molecule has 0 aromatic carbocycles. The number of aromatic nitrogens is 3. The molecule has 21 heavy (non-hydrogen) atoms. The van der Waals surface area contributed by atoms with Gasteiger partial charge < -0.3 is 10.0 Å². The number of rotatable bonds is 5. The minimum atomic E-state index is -0.0277. The van der Waals surface area contributed by atoms with Crippen LogP contribution in [0.15, 0.2) is 48.9 Å². The Bertz CT molecular complexity index is 723. The van der Waals surface area contributed by atoms with E-state index >= 15 is 0 Å². The van der Waals surface area contributed by atoms with Crippen LogP contribution >= 0.6 is 0 Å². The third kappa shape index (κ3) is 2.73. The topological polar surface area (TPSA) is 53.7 Å². The van der Waals surface area contributed by atoms with Crippen molar-refractivity contribution < 1.29 is 5.11 Å². The number of aliphatic hydroxyl groups excluding tert-OH is 1. The number of imidazole rings is 1. The molecular weight excluding hydrogens is 264 g/mol. The van der Waals surface area contributed by atoms with E-state index in [4.69, 9.17) is 0 Å². The first-order valence-electron chi connectivity index (χ1n) is 6.96. The Morgan fingerprint density at radius 1 is 1.19 bits per heavy atom. The van der Waals surface area contributed by atoms with Gasteiger partial charge in [-0.15, -0.1) is 0 Å². The third-order valence-corrected chi connectivity index (χ3v) is 3.60. The fourth-order valence-electron chi connectivity index (χ4n) is 2.44. The monoisotopic (exact) mass is 282 g/mol. The molecule has 108 valence electrons. The van der Waals surface area contributed by atoms with Gasteiger partial charge in [0, 0.05) is 32.2 Å². The molecule has 5 nitrogen and oxygen atoms in total. The van der Waals surface area contributed by atoms with E-state index < -0.39 is 0 Å². The second-order valence-electron chi connectivity index (χ2n) is 5.00. The van der Waals surface area contributed by atoms with Crippen LogP contribution in [-0.2, 0) is 13.0 Å². The van der Waals surface area contributed by atoms with Crippen LogP contribution in [0.25, 0.3) is 5.65 Å². The summed E-state index contributed by atoms with van der Waals surface area (Å²) in [5.74, 6) is 0.831. The van der Waals surface area contributed by atoms with Gasteiger partial charge in [-0.3, -0.25) is 9.38 Å². The molecule has 0 fully saturated rings. The third-order valence-electron chi connectivity index (χ3n) is 3.60. The van der Waals surface area contributed by atoms with E-state index in [-0.39, 0.29) is 6.61 Å². The second-order valence-corrected chi connectivity index (χ2v) is 5.00. The largest absolute Gasteiger partial charge is 0.390 e. The average Bonchev–Trinajstić information content (AvgIpc) is 2.92. The van der Waals surface area contributed by atoms with Gasteiger partial charge >= 0.3 is 0 Å². The van der Waals surface area contributed by atoms with Gasteiger partial charge in [0.2, 0.25) is 0 Å². The molecule has 0 radical (unpaired) electrons. The van der Waals surface area contributed by atoms with E-state index in [1.807, 2.05) is 48.0 Å². The molecule has 0 aliphatic carbocycles. The van der Waals surface area contributed by atoms with Crippen LogP contribution in [0.2, 0.25) is 0 Å². The number of aliphatic hydroxyl groups is 1. The first kappa shape index (κ1) is 13.6. The Balaban J connectivity index is 1.82. The van der Waals surface area contributed by atoms with Crippen LogP contribution in [0.1, 0.15) is 11.3 Å². The Labute approximate surface area is 123 Å². The standard InChI is InChI=1S/C16H18N4O/c1-19(11-7-13-5-8-17-9-6-13)16-14(12-21)20-10-3-2-4-15(20)18-16/h2-6,8-10,21H,7,11-12H2,1H3. The van der Waals surface area contributed by atoms with Gasteiger partial charge in [0.25, 0.3) is 0 Å². The van der Waals surface area contributed by atoms with E-state index in [2.05, 4.69) is 14.9 Å². The summed E-state index contributed by atoms with van der Waals surface area (Å²) < 4.78 is 1.93. The molecule has 0 bridgehead atoms. The summed E-state index contributed by atoms with van der Waals surface area (Å²) in [4.78, 5) is 10.7. The molecule has 0 spiro atoms. The number of likely N-dealkylation sites (N-methyl/N-ethyl adjacent to an activating group) is 1. The molecule has 0 amide bonds. The van der Waals surface area contributed by atoms with Gasteiger partial charge in [0.15, 0.2) is 5.82 Å². The number of hydrogen-bond acceptors (Lipinski definition) is 4. The quantitative estimate of drug-likeness (QED) is 0.776. The lowest BCUT2D eigenvalue weighted by Crippen LogP contribution is -2.22. The Kier molecular flexibility index (Phi) is 3.83. The highest BCUT2D eigenvalue weighted by molar-refractivity contribution is 5.55. The Morgan fingerprint density at radius 2 is 2.00 bits per heavy atom. The Morgan fingerprint density at radius 3 is 2.76 bits per heavy atom. The average molecular weight is 282 g/mol. The first-order valence-corrected chi connectivity index (χ1v) is 6.96. The summed E-state index contributed by atoms with van der Waals surface area (Å²) in [6.45, 7) is 0.807. The summed E-state index contributed by atoms with van der Waals surface area (Å²) in [6, 6.07) is 9.87. The molecular formula is C16H18N4O. The maximum absolute atomic E-state index is 9.64. The maximum atomic E-state index is 9.64. The van der Waals surface area contributed by atoms with Crippen molar-refractivity contribution in [2.24, 2.45) is 0 Å². The van der Waals surface area contributed by atoms with E-state index in [1.165, 1.54) is 5.56 Å². The number of hydrogen-bond donors (Lipinski definition) is 1. The van der Waals surface area contributed by atoms with Crippen LogP contribution in [-0.4, -0.2) is 33.1 Å². The molecule has 3 heterocycles. The predicted molar refractivity (Wildman–Crippen MR) is 82.3 cm³/mol. The van der Waals surface area contributed by atoms with Crippen molar-refractivity contribution in [3.8, 4) is 0 Å². The molecule has 5 heteroatoms. The van der Waals surface area contributed by atoms with Crippen LogP contribution < -0.4 is 4.90 Å². The van der Waals surface area contributed by atoms with E-state index in [0.717, 1.165) is 30.1 Å². The summed E-state index contributed by atoms with van der Waals surface area (Å²) in [5.41, 5.74) is 2.92. The van der Waals surface area contributed by atoms with Crippen molar-refractivity contribution in [2.75, 3.05) is 18.5 Å². The zero-order chi connectivity index (χ0) is 14.7. The fraction of sp³-hybridized carbons (Fsp3) is 0.250. The van der Waals surface area contributed by atoms with Gasteiger partial charge in [-0.1, -0.05) is 6.07 Å². The molecule has 0 aliphatic rings. The SMILES string of the molecule is CN(CCc1ccncc1)c1nc2ccccn2c1CO. The maximum Gasteiger partial charge on any atom is 0.153 e. The Hall–Kier alpha value is -2.40. The van der Waals surface area contributed by atoms with Gasteiger partial charge in [-0.2, -0.15) is 0 Å². The summed E-state index contributed by atoms with van der Waals surface area (Å²) in [6.07, 6.45) is 6.45. The van der Waals surface area contributed by atoms with Crippen molar-refractivity contribution in [3.63, 3.8) is 0 Å². The lowest BCUT2D eigenvalue weighted by molar-refractivity contribution is 0.276. The second kappa shape index (κ2) is 5.93. The minimum Gasteiger partial charge on any atom is -0.390 e. The molecule has 1 N–H and O–H groups in total. The van der Waals surface area contributed by atoms with Crippen molar-refractivity contribution >= 4 is 11.5 Å². The molecule has 0 saturated carbocycles. The van der Waals surface area contributed by atoms with E-state index in [0.29, 0.717) is 0 Å². The molecule has 3 aromatic rings. The van der Waals surface area contributed by atoms with Crippen LogP contribution in [0, 0.1) is 0 Å². The van der Waals surface area contributed by atoms with Gasteiger partial charge in [0.1, 0.15) is 5.65 Å². The lowest BCUT2D eigenvalue weighted by Gasteiger charge is -2.17. The first-order chi connectivity index (χ1) is 10.3. The van der Waals surface area contributed by atoms with Gasteiger partial charge in [-0.05, 0) is 36.2 Å². The minimum absolute atomic E-state index is 0.0277. The van der Waals surface area contributed by atoms with Crippen LogP contribution in [0.4, 0.5) is 5.82 Å². The zero-order valence-electron chi connectivity index (χ0n) is 12.0. The number of nitrogens with zero attached hydrogens (tertiary/aromatic N) is 4. The number of anilines is 1. The molecule has 3 aromatic heterocycles.